The molecule has 1 aromatic rings. The third kappa shape index (κ3) is 3.23. The molecule has 0 amide bonds. The number of piperidine rings is 1. The van der Waals surface area contributed by atoms with Gasteiger partial charge in [-0.3, -0.25) is 10.1 Å². The van der Waals surface area contributed by atoms with Crippen LogP contribution in [0.4, 0.5) is 11.4 Å². The Morgan fingerprint density at radius 2 is 2.11 bits per heavy atom. The van der Waals surface area contributed by atoms with Crippen LogP contribution < -0.4 is 10.6 Å². The van der Waals surface area contributed by atoms with Crippen LogP contribution in [0.25, 0.3) is 0 Å². The van der Waals surface area contributed by atoms with Gasteiger partial charge in [0.1, 0.15) is 5.69 Å². The van der Waals surface area contributed by atoms with E-state index >= 15 is 0 Å². The summed E-state index contributed by atoms with van der Waals surface area (Å²) in [5.74, 6) is 0. The smallest absolute Gasteiger partial charge is 0.292 e. The van der Waals surface area contributed by atoms with Gasteiger partial charge in [0.15, 0.2) is 0 Å². The quantitative estimate of drug-likeness (QED) is 0.647. The molecule has 104 valence electrons. The maximum absolute atomic E-state index is 11.1. The number of para-hydroxylation sites is 1. The van der Waals surface area contributed by atoms with Gasteiger partial charge in [-0.15, -0.1) is 0 Å². The zero-order chi connectivity index (χ0) is 13.9. The van der Waals surface area contributed by atoms with Gasteiger partial charge in [0.05, 0.1) is 4.92 Å². The van der Waals surface area contributed by atoms with E-state index in [9.17, 15) is 10.1 Å². The van der Waals surface area contributed by atoms with Crippen molar-refractivity contribution in [2.24, 2.45) is 5.41 Å². The van der Waals surface area contributed by atoms with Crippen LogP contribution in [0.5, 0.6) is 0 Å². The fourth-order valence-corrected chi connectivity index (χ4v) is 2.54. The van der Waals surface area contributed by atoms with E-state index in [0.717, 1.165) is 38.0 Å². The highest BCUT2D eigenvalue weighted by Gasteiger charge is 2.27. The van der Waals surface area contributed by atoms with Crippen LogP contribution in [-0.4, -0.2) is 24.6 Å². The molecule has 1 heterocycles. The summed E-state index contributed by atoms with van der Waals surface area (Å²) in [6.45, 7) is 6.97. The van der Waals surface area contributed by atoms with Crippen LogP contribution >= 0.6 is 0 Å². The molecule has 0 aromatic heterocycles. The Bertz CT molecular complexity index is 468. The molecule has 0 bridgehead atoms. The third-order valence-corrected chi connectivity index (χ3v) is 3.95. The van der Waals surface area contributed by atoms with Crippen molar-refractivity contribution in [2.75, 3.05) is 25.0 Å². The first-order valence-corrected chi connectivity index (χ1v) is 6.70. The Labute approximate surface area is 113 Å². The standard InChI is InChI=1S/C14H21N3O2/c1-11-4-3-5-12(17(18)19)13(11)16-10-14(2)6-8-15-9-7-14/h3-5,15-16H,6-10H2,1-2H3. The summed E-state index contributed by atoms with van der Waals surface area (Å²) in [6, 6.07) is 5.19. The zero-order valence-corrected chi connectivity index (χ0v) is 11.5. The minimum absolute atomic E-state index is 0.164. The number of nitro groups is 1. The lowest BCUT2D eigenvalue weighted by Crippen LogP contribution is -2.39. The lowest BCUT2D eigenvalue weighted by Gasteiger charge is -2.34. The molecule has 0 aliphatic carbocycles. The molecule has 1 aliphatic rings. The molecule has 0 atom stereocenters. The number of aryl methyl sites for hydroxylation is 1. The summed E-state index contributed by atoms with van der Waals surface area (Å²) >= 11 is 0. The number of rotatable bonds is 4. The van der Waals surface area contributed by atoms with Gasteiger partial charge in [-0.25, -0.2) is 0 Å². The number of hydrogen-bond acceptors (Lipinski definition) is 4. The monoisotopic (exact) mass is 263 g/mol. The maximum atomic E-state index is 11.1. The second-order valence-corrected chi connectivity index (χ2v) is 5.64. The highest BCUT2D eigenvalue weighted by molar-refractivity contribution is 5.66. The van der Waals surface area contributed by atoms with Crippen molar-refractivity contribution in [3.8, 4) is 0 Å². The van der Waals surface area contributed by atoms with Gasteiger partial charge in [-0.2, -0.15) is 0 Å². The average molecular weight is 263 g/mol. The van der Waals surface area contributed by atoms with Gasteiger partial charge in [-0.1, -0.05) is 19.1 Å². The van der Waals surface area contributed by atoms with Crippen molar-refractivity contribution >= 4 is 11.4 Å². The van der Waals surface area contributed by atoms with E-state index in [1.807, 2.05) is 13.0 Å². The third-order valence-electron chi connectivity index (χ3n) is 3.95. The Kier molecular flexibility index (Phi) is 4.04. The summed E-state index contributed by atoms with van der Waals surface area (Å²) in [7, 11) is 0. The van der Waals surface area contributed by atoms with Crippen LogP contribution in [0.15, 0.2) is 18.2 Å². The van der Waals surface area contributed by atoms with Crippen LogP contribution in [0.2, 0.25) is 0 Å². The maximum Gasteiger partial charge on any atom is 0.292 e. The largest absolute Gasteiger partial charge is 0.379 e. The first-order valence-electron chi connectivity index (χ1n) is 6.70. The number of hydrogen-bond donors (Lipinski definition) is 2. The second kappa shape index (κ2) is 5.57. The highest BCUT2D eigenvalue weighted by Crippen LogP contribution is 2.32. The molecule has 2 N–H and O–H groups in total. The van der Waals surface area contributed by atoms with Crippen LogP contribution in [0, 0.1) is 22.5 Å². The van der Waals surface area contributed by atoms with Gasteiger partial charge >= 0.3 is 0 Å². The van der Waals surface area contributed by atoms with E-state index in [1.165, 1.54) is 0 Å². The van der Waals surface area contributed by atoms with Crippen molar-refractivity contribution in [1.82, 2.24) is 5.32 Å². The molecule has 2 rings (SSSR count). The van der Waals surface area contributed by atoms with E-state index in [0.29, 0.717) is 5.69 Å². The Balaban J connectivity index is 2.12. The summed E-state index contributed by atoms with van der Waals surface area (Å²) in [5.41, 5.74) is 1.96. The van der Waals surface area contributed by atoms with E-state index in [1.54, 1.807) is 12.1 Å². The number of nitro benzene ring substituents is 1. The van der Waals surface area contributed by atoms with Gasteiger partial charge in [0.2, 0.25) is 0 Å². The summed E-state index contributed by atoms with van der Waals surface area (Å²) in [5, 5.41) is 17.7. The molecular weight excluding hydrogens is 242 g/mol. The zero-order valence-electron chi connectivity index (χ0n) is 11.5. The Morgan fingerprint density at radius 3 is 2.74 bits per heavy atom. The second-order valence-electron chi connectivity index (χ2n) is 5.64. The van der Waals surface area contributed by atoms with Gasteiger partial charge in [-0.05, 0) is 43.8 Å². The minimum atomic E-state index is -0.319. The molecule has 1 aromatic carbocycles. The molecule has 5 nitrogen and oxygen atoms in total. The van der Waals surface area contributed by atoms with E-state index < -0.39 is 0 Å². The Hall–Kier alpha value is -1.62. The fourth-order valence-electron chi connectivity index (χ4n) is 2.54. The molecule has 0 radical (unpaired) electrons. The molecular formula is C14H21N3O2. The van der Waals surface area contributed by atoms with E-state index in [4.69, 9.17) is 0 Å². The van der Waals surface area contributed by atoms with E-state index in [-0.39, 0.29) is 16.0 Å². The van der Waals surface area contributed by atoms with Gasteiger partial charge in [0.25, 0.3) is 5.69 Å². The van der Waals surface area contributed by atoms with Crippen molar-refractivity contribution in [3.05, 3.63) is 33.9 Å². The molecule has 1 fully saturated rings. The molecule has 0 spiro atoms. The summed E-state index contributed by atoms with van der Waals surface area (Å²) < 4.78 is 0. The fraction of sp³-hybridized carbons (Fsp3) is 0.571. The first-order chi connectivity index (χ1) is 9.02. The summed E-state index contributed by atoms with van der Waals surface area (Å²) in [4.78, 5) is 10.7. The lowest BCUT2D eigenvalue weighted by molar-refractivity contribution is -0.384. The molecule has 0 unspecified atom stereocenters. The predicted octanol–water partition coefficient (Wildman–Crippen LogP) is 2.70. The number of nitrogens with one attached hydrogen (secondary N) is 2. The minimum Gasteiger partial charge on any atom is -0.379 e. The number of benzene rings is 1. The molecule has 19 heavy (non-hydrogen) atoms. The van der Waals surface area contributed by atoms with Crippen LogP contribution in [-0.2, 0) is 0 Å². The van der Waals surface area contributed by atoms with Crippen molar-refractivity contribution < 1.29 is 4.92 Å². The molecule has 5 heteroatoms. The van der Waals surface area contributed by atoms with Crippen molar-refractivity contribution in [3.63, 3.8) is 0 Å². The van der Waals surface area contributed by atoms with Gasteiger partial charge in [0, 0.05) is 12.6 Å². The topological polar surface area (TPSA) is 67.2 Å². The lowest BCUT2D eigenvalue weighted by atomic mass is 9.81. The highest BCUT2D eigenvalue weighted by atomic mass is 16.6. The average Bonchev–Trinajstić information content (AvgIpc) is 2.38. The van der Waals surface area contributed by atoms with Crippen LogP contribution in [0.1, 0.15) is 25.3 Å². The van der Waals surface area contributed by atoms with Crippen molar-refractivity contribution in [2.45, 2.75) is 26.7 Å². The first kappa shape index (κ1) is 13.8. The van der Waals surface area contributed by atoms with Crippen LogP contribution in [0.3, 0.4) is 0 Å². The molecule has 1 aliphatic heterocycles. The van der Waals surface area contributed by atoms with E-state index in [2.05, 4.69) is 17.6 Å². The Morgan fingerprint density at radius 1 is 1.42 bits per heavy atom. The molecule has 0 saturated carbocycles. The number of nitrogens with zero attached hydrogens (tertiary/aromatic N) is 1. The normalized spacial score (nSPS) is 18.0. The number of anilines is 1. The predicted molar refractivity (Wildman–Crippen MR) is 76.5 cm³/mol. The van der Waals surface area contributed by atoms with Gasteiger partial charge < -0.3 is 10.6 Å². The molecule has 1 saturated heterocycles. The SMILES string of the molecule is Cc1cccc([N+](=O)[O-])c1NCC1(C)CCNCC1. The summed E-state index contributed by atoms with van der Waals surface area (Å²) in [6.07, 6.45) is 2.19. The van der Waals surface area contributed by atoms with Crippen molar-refractivity contribution in [1.29, 1.82) is 0 Å².